The van der Waals surface area contributed by atoms with Crippen LogP contribution in [-0.2, 0) is 14.8 Å². The highest BCUT2D eigenvalue weighted by Gasteiger charge is 2.28. The van der Waals surface area contributed by atoms with Gasteiger partial charge in [0.2, 0.25) is 21.8 Å². The number of sulfonamides is 1. The van der Waals surface area contributed by atoms with Crippen molar-refractivity contribution < 1.29 is 27.1 Å². The normalized spacial score (nSPS) is 15.2. The number of hydrogen-bond donors (Lipinski definition) is 2. The highest BCUT2D eigenvalue weighted by Crippen LogP contribution is 2.25. The van der Waals surface area contributed by atoms with Crippen molar-refractivity contribution in [3.63, 3.8) is 0 Å². The monoisotopic (exact) mass is 538 g/mol. The fraction of sp³-hybridized carbons (Fsp3) is 0.542. The van der Waals surface area contributed by atoms with Gasteiger partial charge in [-0.1, -0.05) is 0 Å². The van der Waals surface area contributed by atoms with E-state index >= 15 is 0 Å². The number of anilines is 2. The lowest BCUT2D eigenvalue weighted by Crippen LogP contribution is -2.43. The number of piperidine rings is 1. The summed E-state index contributed by atoms with van der Waals surface area (Å²) >= 11 is 0. The number of ether oxygens (including phenoxy) is 2. The van der Waals surface area contributed by atoms with Gasteiger partial charge in [-0.05, 0) is 51.1 Å². The Kier molecular flexibility index (Phi) is 10.1. The standard InChI is InChI=1S/C24H35FN6O5S/c1-30(12-13-35-2)9-4-14-37(33,34)31-10-7-18(8-11-31)28-24-27-16-20(23(26)29-24)22(32)19-15-17(25)5-6-21(19)36-3/h5-6,15-16,18H,4,7-14H2,1-3H3,(H3,26,27,28,29). The van der Waals surface area contributed by atoms with Gasteiger partial charge in [-0.15, -0.1) is 0 Å². The average molecular weight is 539 g/mol. The van der Waals surface area contributed by atoms with Gasteiger partial charge in [-0.25, -0.2) is 22.1 Å². The summed E-state index contributed by atoms with van der Waals surface area (Å²) in [6, 6.07) is 3.59. The maximum absolute atomic E-state index is 13.7. The van der Waals surface area contributed by atoms with Gasteiger partial charge in [0, 0.05) is 39.0 Å². The lowest BCUT2D eigenvalue weighted by molar-refractivity contribution is 0.103. The van der Waals surface area contributed by atoms with Crippen LogP contribution < -0.4 is 15.8 Å². The molecule has 1 aliphatic rings. The van der Waals surface area contributed by atoms with Crippen LogP contribution in [0.1, 0.15) is 35.2 Å². The van der Waals surface area contributed by atoms with Gasteiger partial charge in [-0.2, -0.15) is 4.98 Å². The number of nitrogen functional groups attached to an aromatic ring is 1. The largest absolute Gasteiger partial charge is 0.496 e. The number of aromatic nitrogens is 2. The van der Waals surface area contributed by atoms with E-state index in [2.05, 4.69) is 15.3 Å². The molecule has 1 saturated heterocycles. The second kappa shape index (κ2) is 13.1. The summed E-state index contributed by atoms with van der Waals surface area (Å²) < 4.78 is 50.9. The van der Waals surface area contributed by atoms with E-state index in [4.69, 9.17) is 15.2 Å². The number of nitrogens with two attached hydrogens (primary N) is 1. The molecule has 11 nitrogen and oxygen atoms in total. The predicted octanol–water partition coefficient (Wildman–Crippen LogP) is 1.61. The van der Waals surface area contributed by atoms with Gasteiger partial charge < -0.3 is 25.4 Å². The van der Waals surface area contributed by atoms with Crippen molar-refractivity contribution in [2.75, 3.05) is 70.9 Å². The SMILES string of the molecule is COCCN(C)CCCS(=O)(=O)N1CCC(Nc2ncc(C(=O)c3cc(F)ccc3OC)c(N)n2)CC1. The maximum Gasteiger partial charge on any atom is 0.224 e. The molecule has 0 aliphatic carbocycles. The molecule has 0 unspecified atom stereocenters. The molecule has 2 heterocycles. The van der Waals surface area contributed by atoms with Crippen molar-refractivity contribution in [2.24, 2.45) is 0 Å². The summed E-state index contributed by atoms with van der Waals surface area (Å²) in [5, 5.41) is 3.17. The van der Waals surface area contributed by atoms with Crippen molar-refractivity contribution in [2.45, 2.75) is 25.3 Å². The molecule has 1 aromatic carbocycles. The van der Waals surface area contributed by atoms with Gasteiger partial charge in [0.25, 0.3) is 0 Å². The molecule has 1 fully saturated rings. The molecule has 0 atom stereocenters. The van der Waals surface area contributed by atoms with E-state index in [1.165, 1.54) is 29.7 Å². The Bertz CT molecular complexity index is 1170. The molecule has 1 aliphatic heterocycles. The predicted molar refractivity (Wildman–Crippen MR) is 139 cm³/mol. The molecule has 0 saturated carbocycles. The van der Waals surface area contributed by atoms with Gasteiger partial charge >= 0.3 is 0 Å². The van der Waals surface area contributed by atoms with Crippen molar-refractivity contribution in [3.05, 3.63) is 41.3 Å². The molecule has 0 amide bonds. The molecule has 2 aromatic rings. The third-order valence-electron chi connectivity index (χ3n) is 6.27. The number of nitrogens with one attached hydrogen (secondary N) is 1. The number of nitrogens with zero attached hydrogens (tertiary/aromatic N) is 4. The lowest BCUT2D eigenvalue weighted by atomic mass is 10.0. The first kappa shape index (κ1) is 28.7. The number of rotatable bonds is 13. The Morgan fingerprint density at radius 3 is 2.62 bits per heavy atom. The van der Waals surface area contributed by atoms with Crippen molar-refractivity contribution in [3.8, 4) is 5.75 Å². The Morgan fingerprint density at radius 2 is 1.97 bits per heavy atom. The minimum Gasteiger partial charge on any atom is -0.496 e. The average Bonchev–Trinajstić information content (AvgIpc) is 2.87. The van der Waals surface area contributed by atoms with Crippen LogP contribution in [0.5, 0.6) is 5.75 Å². The fourth-order valence-corrected chi connectivity index (χ4v) is 5.63. The van der Waals surface area contributed by atoms with Crippen LogP contribution in [0.4, 0.5) is 16.2 Å². The molecule has 13 heteroatoms. The number of methoxy groups -OCH3 is 2. The number of hydrogen-bond acceptors (Lipinski definition) is 10. The minimum absolute atomic E-state index is 0.0220. The Morgan fingerprint density at radius 1 is 1.24 bits per heavy atom. The molecule has 0 radical (unpaired) electrons. The summed E-state index contributed by atoms with van der Waals surface area (Å²) in [5.74, 6) is -0.625. The van der Waals surface area contributed by atoms with Crippen molar-refractivity contribution >= 4 is 27.6 Å². The topological polar surface area (TPSA) is 140 Å². The van der Waals surface area contributed by atoms with E-state index in [-0.39, 0.29) is 40.4 Å². The Balaban J connectivity index is 1.54. The number of halogens is 1. The van der Waals surface area contributed by atoms with E-state index in [0.29, 0.717) is 45.5 Å². The zero-order valence-corrected chi connectivity index (χ0v) is 22.3. The molecule has 0 spiro atoms. The van der Waals surface area contributed by atoms with Crippen LogP contribution in [0.3, 0.4) is 0 Å². The number of carbonyl (C=O) groups is 1. The molecule has 204 valence electrons. The summed E-state index contributed by atoms with van der Waals surface area (Å²) in [5.41, 5.74) is 6.08. The summed E-state index contributed by atoms with van der Waals surface area (Å²) in [6.07, 6.45) is 3.01. The number of ketones is 1. The van der Waals surface area contributed by atoms with Crippen LogP contribution in [0.2, 0.25) is 0 Å². The molecule has 1 aromatic heterocycles. The lowest BCUT2D eigenvalue weighted by Gasteiger charge is -2.31. The molecule has 3 N–H and O–H groups in total. The smallest absolute Gasteiger partial charge is 0.224 e. The quantitative estimate of drug-likeness (QED) is 0.362. The second-order valence-corrected chi connectivity index (χ2v) is 11.0. The zero-order chi connectivity index (χ0) is 27.0. The highest BCUT2D eigenvalue weighted by molar-refractivity contribution is 7.89. The highest BCUT2D eigenvalue weighted by atomic mass is 32.2. The number of benzene rings is 1. The first-order valence-electron chi connectivity index (χ1n) is 12.1. The zero-order valence-electron chi connectivity index (χ0n) is 21.4. The summed E-state index contributed by atoms with van der Waals surface area (Å²) in [4.78, 5) is 23.3. The first-order valence-corrected chi connectivity index (χ1v) is 13.7. The Labute approximate surface area is 217 Å². The van der Waals surface area contributed by atoms with Gasteiger partial charge in [0.1, 0.15) is 17.4 Å². The minimum atomic E-state index is -3.33. The van der Waals surface area contributed by atoms with Crippen LogP contribution >= 0.6 is 0 Å². The second-order valence-electron chi connectivity index (χ2n) is 8.95. The summed E-state index contributed by atoms with van der Waals surface area (Å²) in [7, 11) is 1.64. The van der Waals surface area contributed by atoms with E-state index in [1.54, 1.807) is 7.11 Å². The summed E-state index contributed by atoms with van der Waals surface area (Å²) in [6.45, 7) is 2.84. The van der Waals surface area contributed by atoms with Crippen LogP contribution in [0.15, 0.2) is 24.4 Å². The van der Waals surface area contributed by atoms with Crippen LogP contribution in [0.25, 0.3) is 0 Å². The molecule has 0 bridgehead atoms. The van der Waals surface area contributed by atoms with Crippen LogP contribution in [-0.4, -0.2) is 99.2 Å². The van der Waals surface area contributed by atoms with E-state index < -0.39 is 21.6 Å². The molecular weight excluding hydrogens is 503 g/mol. The van der Waals surface area contributed by atoms with Crippen molar-refractivity contribution in [1.82, 2.24) is 19.2 Å². The van der Waals surface area contributed by atoms with E-state index in [9.17, 15) is 17.6 Å². The van der Waals surface area contributed by atoms with Crippen molar-refractivity contribution in [1.29, 1.82) is 0 Å². The number of likely N-dealkylation sites (N-methyl/N-ethyl adjacent to an activating group) is 1. The van der Waals surface area contributed by atoms with E-state index in [0.717, 1.165) is 12.6 Å². The van der Waals surface area contributed by atoms with Gasteiger partial charge in [0.05, 0.1) is 30.6 Å². The molecule has 3 rings (SSSR count). The van der Waals surface area contributed by atoms with Gasteiger partial charge in [-0.3, -0.25) is 4.79 Å². The van der Waals surface area contributed by atoms with E-state index in [1.807, 2.05) is 11.9 Å². The molecular formula is C24H35FN6O5S. The Hall–Kier alpha value is -2.87. The maximum atomic E-state index is 13.7. The third-order valence-corrected chi connectivity index (χ3v) is 8.23. The molecule has 37 heavy (non-hydrogen) atoms. The number of carbonyl (C=O) groups excluding carboxylic acids is 1. The fourth-order valence-electron chi connectivity index (χ4n) is 4.11. The third kappa shape index (κ3) is 7.81. The first-order chi connectivity index (χ1) is 17.6. The van der Waals surface area contributed by atoms with Gasteiger partial charge in [0.15, 0.2) is 0 Å². The van der Waals surface area contributed by atoms with Crippen LogP contribution in [0, 0.1) is 5.82 Å².